The van der Waals surface area contributed by atoms with E-state index in [9.17, 15) is 13.9 Å². The van der Waals surface area contributed by atoms with Crippen LogP contribution in [0.4, 0.5) is 8.78 Å². The Balaban J connectivity index is 1.96. The highest BCUT2D eigenvalue weighted by molar-refractivity contribution is 5.26. The van der Waals surface area contributed by atoms with Crippen molar-refractivity contribution in [2.75, 3.05) is 13.1 Å². The molecular weight excluding hydrogens is 272 g/mol. The van der Waals surface area contributed by atoms with Crippen LogP contribution in [0.1, 0.15) is 56.6 Å². The van der Waals surface area contributed by atoms with Crippen LogP contribution in [0.25, 0.3) is 0 Å². The quantitative estimate of drug-likeness (QED) is 0.917. The van der Waals surface area contributed by atoms with E-state index in [1.165, 1.54) is 24.6 Å². The van der Waals surface area contributed by atoms with Gasteiger partial charge in [0.1, 0.15) is 17.7 Å². The second-order valence-electron chi connectivity index (χ2n) is 6.40. The Morgan fingerprint density at radius 2 is 1.52 bits per heavy atom. The summed E-state index contributed by atoms with van der Waals surface area (Å²) in [6.45, 7) is 1.85. The van der Waals surface area contributed by atoms with Gasteiger partial charge in [-0.25, -0.2) is 8.78 Å². The van der Waals surface area contributed by atoms with Crippen LogP contribution in [0, 0.1) is 11.6 Å². The van der Waals surface area contributed by atoms with Gasteiger partial charge in [-0.2, -0.15) is 0 Å². The lowest BCUT2D eigenvalue weighted by Gasteiger charge is -2.46. The van der Waals surface area contributed by atoms with Gasteiger partial charge in [-0.3, -0.25) is 4.90 Å². The van der Waals surface area contributed by atoms with Gasteiger partial charge in [0.2, 0.25) is 0 Å². The lowest BCUT2D eigenvalue weighted by molar-refractivity contribution is -0.0435. The maximum absolute atomic E-state index is 14.1. The summed E-state index contributed by atoms with van der Waals surface area (Å²) >= 11 is 0. The average Bonchev–Trinajstić information content (AvgIpc) is 2.98. The van der Waals surface area contributed by atoms with Gasteiger partial charge in [0.05, 0.1) is 11.1 Å². The molecule has 0 amide bonds. The summed E-state index contributed by atoms with van der Waals surface area (Å²) in [4.78, 5) is 2.29. The molecule has 1 atom stereocenters. The lowest BCUT2D eigenvalue weighted by Crippen LogP contribution is -2.53. The fraction of sp³-hybridized carbons (Fsp3) is 0.647. The molecule has 1 aliphatic heterocycles. The van der Waals surface area contributed by atoms with Crippen LogP contribution in [-0.4, -0.2) is 28.6 Å². The third kappa shape index (κ3) is 2.59. The fourth-order valence-corrected chi connectivity index (χ4v) is 4.13. The molecule has 0 radical (unpaired) electrons. The number of halogens is 2. The highest BCUT2D eigenvalue weighted by Gasteiger charge is 2.47. The van der Waals surface area contributed by atoms with Crippen molar-refractivity contribution in [2.45, 2.75) is 56.6 Å². The zero-order chi connectivity index (χ0) is 14.9. The number of nitrogens with zero attached hydrogens (tertiary/aromatic N) is 1. The Labute approximate surface area is 124 Å². The van der Waals surface area contributed by atoms with Crippen LogP contribution in [0.15, 0.2) is 18.2 Å². The number of aliphatic hydroxyl groups is 1. The van der Waals surface area contributed by atoms with Gasteiger partial charge in [0, 0.05) is 0 Å². The molecule has 0 aromatic heterocycles. The average molecular weight is 295 g/mol. The van der Waals surface area contributed by atoms with Crippen molar-refractivity contribution in [2.24, 2.45) is 0 Å². The molecule has 1 saturated carbocycles. The molecule has 4 heteroatoms. The zero-order valence-corrected chi connectivity index (χ0v) is 12.3. The summed E-state index contributed by atoms with van der Waals surface area (Å²) in [5.74, 6) is -1.27. The molecule has 116 valence electrons. The zero-order valence-electron chi connectivity index (χ0n) is 12.3. The summed E-state index contributed by atoms with van der Waals surface area (Å²) in [6, 6.07) is 3.82. The number of aliphatic hydroxyl groups excluding tert-OH is 1. The molecular formula is C17H23F2NO. The van der Waals surface area contributed by atoms with Gasteiger partial charge in [-0.15, -0.1) is 0 Å². The second-order valence-corrected chi connectivity index (χ2v) is 6.40. The summed E-state index contributed by atoms with van der Waals surface area (Å²) in [5, 5.41) is 10.9. The van der Waals surface area contributed by atoms with E-state index in [-0.39, 0.29) is 5.56 Å². The van der Waals surface area contributed by atoms with Crippen LogP contribution >= 0.6 is 0 Å². The molecule has 1 unspecified atom stereocenters. The van der Waals surface area contributed by atoms with E-state index in [4.69, 9.17) is 0 Å². The fourth-order valence-electron chi connectivity index (χ4n) is 4.13. The number of hydrogen-bond acceptors (Lipinski definition) is 2. The normalized spacial score (nSPS) is 24.1. The first-order valence-electron chi connectivity index (χ1n) is 8.02. The van der Waals surface area contributed by atoms with Gasteiger partial charge in [0.25, 0.3) is 0 Å². The van der Waals surface area contributed by atoms with Crippen molar-refractivity contribution in [1.82, 2.24) is 4.90 Å². The highest BCUT2D eigenvalue weighted by Crippen LogP contribution is 2.46. The Bertz CT molecular complexity index is 473. The topological polar surface area (TPSA) is 23.5 Å². The lowest BCUT2D eigenvalue weighted by atomic mass is 9.82. The standard InChI is InChI=1S/C17H23F2NO/c18-13-7-6-8-14(19)15(13)16(21)17(9-2-3-10-17)20-11-4-1-5-12-20/h6-8,16,21H,1-5,9-12H2. The van der Waals surface area contributed by atoms with Gasteiger partial charge >= 0.3 is 0 Å². The smallest absolute Gasteiger partial charge is 0.132 e. The van der Waals surface area contributed by atoms with Gasteiger partial charge in [0.15, 0.2) is 0 Å². The molecule has 1 aliphatic carbocycles. The van der Waals surface area contributed by atoms with Crippen LogP contribution in [0.3, 0.4) is 0 Å². The third-order valence-electron chi connectivity index (χ3n) is 5.24. The molecule has 1 heterocycles. The SMILES string of the molecule is OC(c1c(F)cccc1F)C1(N2CCCCC2)CCCC1. The van der Waals surface area contributed by atoms with Crippen LogP contribution in [-0.2, 0) is 0 Å². The van der Waals surface area contributed by atoms with Crippen LogP contribution in [0.2, 0.25) is 0 Å². The molecule has 2 nitrogen and oxygen atoms in total. The monoisotopic (exact) mass is 295 g/mol. The van der Waals surface area contributed by atoms with E-state index in [0.29, 0.717) is 0 Å². The highest BCUT2D eigenvalue weighted by atomic mass is 19.1. The maximum atomic E-state index is 14.1. The van der Waals surface area contributed by atoms with Gasteiger partial charge < -0.3 is 5.11 Å². The molecule has 1 N–H and O–H groups in total. The molecule has 0 spiro atoms. The summed E-state index contributed by atoms with van der Waals surface area (Å²) in [5.41, 5.74) is -0.631. The van der Waals surface area contributed by atoms with Crippen LogP contribution in [0.5, 0.6) is 0 Å². The largest absolute Gasteiger partial charge is 0.386 e. The molecule has 1 aromatic rings. The number of likely N-dealkylation sites (tertiary alicyclic amines) is 1. The molecule has 2 fully saturated rings. The first-order chi connectivity index (χ1) is 10.1. The predicted octanol–water partition coefficient (Wildman–Crippen LogP) is 3.80. The molecule has 0 bridgehead atoms. The van der Waals surface area contributed by atoms with Crippen molar-refractivity contribution in [3.8, 4) is 0 Å². The van der Waals surface area contributed by atoms with Crippen molar-refractivity contribution >= 4 is 0 Å². The minimum absolute atomic E-state index is 0.148. The Morgan fingerprint density at radius 1 is 0.952 bits per heavy atom. The number of rotatable bonds is 3. The number of piperidine rings is 1. The Kier molecular flexibility index (Phi) is 4.27. The molecule has 3 rings (SSSR count). The van der Waals surface area contributed by atoms with E-state index >= 15 is 0 Å². The van der Waals surface area contributed by atoms with E-state index in [1.54, 1.807) is 0 Å². The van der Waals surface area contributed by atoms with Crippen molar-refractivity contribution in [3.63, 3.8) is 0 Å². The van der Waals surface area contributed by atoms with Crippen molar-refractivity contribution in [1.29, 1.82) is 0 Å². The minimum atomic E-state index is -1.08. The second kappa shape index (κ2) is 6.01. The summed E-state index contributed by atoms with van der Waals surface area (Å²) in [6.07, 6.45) is 6.01. The van der Waals surface area contributed by atoms with Crippen molar-refractivity contribution < 1.29 is 13.9 Å². The Hall–Kier alpha value is -1.00. The molecule has 21 heavy (non-hydrogen) atoms. The van der Waals surface area contributed by atoms with E-state index in [0.717, 1.165) is 51.6 Å². The van der Waals surface area contributed by atoms with Gasteiger partial charge in [-0.05, 0) is 50.9 Å². The maximum Gasteiger partial charge on any atom is 0.132 e. The summed E-state index contributed by atoms with van der Waals surface area (Å²) < 4.78 is 28.1. The van der Waals surface area contributed by atoms with Crippen molar-refractivity contribution in [3.05, 3.63) is 35.4 Å². The minimum Gasteiger partial charge on any atom is -0.386 e. The Morgan fingerprint density at radius 3 is 2.10 bits per heavy atom. The van der Waals surface area contributed by atoms with Gasteiger partial charge in [-0.1, -0.05) is 25.3 Å². The predicted molar refractivity (Wildman–Crippen MR) is 77.9 cm³/mol. The third-order valence-corrected chi connectivity index (χ3v) is 5.24. The van der Waals surface area contributed by atoms with E-state index in [1.807, 2.05) is 0 Å². The first kappa shape index (κ1) is 14.9. The molecule has 2 aliphatic rings. The molecule has 1 saturated heterocycles. The first-order valence-corrected chi connectivity index (χ1v) is 8.02. The number of hydrogen-bond donors (Lipinski definition) is 1. The number of benzene rings is 1. The summed E-state index contributed by atoms with van der Waals surface area (Å²) in [7, 11) is 0. The van der Waals surface area contributed by atoms with Crippen LogP contribution < -0.4 is 0 Å². The molecule has 1 aromatic carbocycles. The van der Waals surface area contributed by atoms with E-state index < -0.39 is 23.3 Å². The van der Waals surface area contributed by atoms with E-state index in [2.05, 4.69) is 4.90 Å².